The summed E-state index contributed by atoms with van der Waals surface area (Å²) in [5.41, 5.74) is 1.88. The van der Waals surface area contributed by atoms with E-state index in [9.17, 15) is 22.8 Å². The average Bonchev–Trinajstić information content (AvgIpc) is 3.09. The Morgan fingerprint density at radius 2 is 1.69 bits per heavy atom. The molecule has 1 N–H and O–H groups in total. The second kappa shape index (κ2) is 10.7. The van der Waals surface area contributed by atoms with Gasteiger partial charge in [-0.2, -0.15) is 8.42 Å². The predicted octanol–water partition coefficient (Wildman–Crippen LogP) is 5.41. The molecule has 0 unspecified atom stereocenters. The quantitative estimate of drug-likeness (QED) is 0.291. The van der Waals surface area contributed by atoms with Crippen LogP contribution >= 0.6 is 27.7 Å². The molecule has 1 heterocycles. The molecule has 1 saturated heterocycles. The fourth-order valence-corrected chi connectivity index (χ4v) is 5.47. The summed E-state index contributed by atoms with van der Waals surface area (Å²) in [6.45, 7) is 1.51. The minimum atomic E-state index is -4.09. The first kappa shape index (κ1) is 25.7. The van der Waals surface area contributed by atoms with E-state index in [1.807, 2.05) is 24.3 Å². The SMILES string of the molecule is CC(=O)Nc1ccc(S(=O)(=O)Oc2ccc(/C=C3\SC(=O)N(Cc4ccccc4Br)C3=O)cc2)cc1. The number of nitrogens with one attached hydrogen (secondary N) is 1. The Morgan fingerprint density at radius 1 is 1.03 bits per heavy atom. The lowest BCUT2D eigenvalue weighted by molar-refractivity contribution is -0.123. The third-order valence-electron chi connectivity index (χ3n) is 5.01. The van der Waals surface area contributed by atoms with Gasteiger partial charge in [0, 0.05) is 17.1 Å². The maximum atomic E-state index is 12.8. The first-order valence-electron chi connectivity index (χ1n) is 10.5. The van der Waals surface area contributed by atoms with E-state index >= 15 is 0 Å². The first-order chi connectivity index (χ1) is 17.1. The minimum Gasteiger partial charge on any atom is -0.379 e. The molecule has 36 heavy (non-hydrogen) atoms. The number of hydrogen-bond donors (Lipinski definition) is 1. The van der Waals surface area contributed by atoms with Crippen molar-refractivity contribution in [3.63, 3.8) is 0 Å². The second-order valence-corrected chi connectivity index (χ2v) is 11.1. The summed E-state index contributed by atoms with van der Waals surface area (Å²) in [4.78, 5) is 37.7. The highest BCUT2D eigenvalue weighted by Crippen LogP contribution is 2.34. The number of anilines is 1. The smallest absolute Gasteiger partial charge is 0.339 e. The normalized spacial score (nSPS) is 14.8. The van der Waals surface area contributed by atoms with E-state index in [1.54, 1.807) is 18.2 Å². The lowest BCUT2D eigenvalue weighted by atomic mass is 10.2. The minimum absolute atomic E-state index is 0.0700. The van der Waals surface area contributed by atoms with Crippen LogP contribution in [-0.4, -0.2) is 30.4 Å². The van der Waals surface area contributed by atoms with E-state index in [-0.39, 0.29) is 33.2 Å². The Hall–Kier alpha value is -3.41. The van der Waals surface area contributed by atoms with Crippen LogP contribution in [0, 0.1) is 0 Å². The number of rotatable bonds is 7. The standard InChI is InChI=1S/C25H19BrN2O6S2/c1-16(29)27-19-8-12-21(13-9-19)36(32,33)34-20-10-6-17(7-11-20)14-23-24(30)28(25(31)35-23)15-18-4-2-3-5-22(18)26/h2-14H,15H2,1H3,(H,27,29)/b23-14-. The van der Waals surface area contributed by atoms with E-state index in [4.69, 9.17) is 4.18 Å². The molecule has 1 aliphatic rings. The van der Waals surface area contributed by atoms with E-state index in [0.717, 1.165) is 21.8 Å². The third kappa shape index (κ3) is 6.04. The van der Waals surface area contributed by atoms with Crippen LogP contribution < -0.4 is 9.50 Å². The van der Waals surface area contributed by atoms with Crippen molar-refractivity contribution in [2.75, 3.05) is 5.32 Å². The van der Waals surface area contributed by atoms with Crippen LogP contribution in [-0.2, 0) is 26.3 Å². The van der Waals surface area contributed by atoms with E-state index in [0.29, 0.717) is 11.3 Å². The summed E-state index contributed by atoms with van der Waals surface area (Å²) in [5, 5.41) is 2.20. The maximum Gasteiger partial charge on any atom is 0.339 e. The molecule has 0 saturated carbocycles. The topological polar surface area (TPSA) is 110 Å². The van der Waals surface area contributed by atoms with Gasteiger partial charge in [-0.15, -0.1) is 0 Å². The number of imide groups is 1. The Kier molecular flexibility index (Phi) is 7.62. The number of benzene rings is 3. The number of thioether (sulfide) groups is 1. The molecular weight excluding hydrogens is 568 g/mol. The zero-order chi connectivity index (χ0) is 25.9. The largest absolute Gasteiger partial charge is 0.379 e. The van der Waals surface area contributed by atoms with Crippen molar-refractivity contribution in [2.24, 2.45) is 0 Å². The monoisotopic (exact) mass is 586 g/mol. The third-order valence-corrected chi connectivity index (χ3v) is 7.95. The summed E-state index contributed by atoms with van der Waals surface area (Å²) >= 11 is 4.27. The predicted molar refractivity (Wildman–Crippen MR) is 141 cm³/mol. The molecule has 4 rings (SSSR count). The summed E-state index contributed by atoms with van der Waals surface area (Å²) in [5.74, 6) is -0.581. The zero-order valence-electron chi connectivity index (χ0n) is 18.8. The number of carbonyl (C=O) groups excluding carboxylic acids is 3. The molecule has 1 aliphatic heterocycles. The van der Waals surface area contributed by atoms with Crippen LogP contribution in [0.5, 0.6) is 5.75 Å². The Balaban J connectivity index is 1.44. The van der Waals surface area contributed by atoms with Crippen LogP contribution in [0.2, 0.25) is 0 Å². The highest BCUT2D eigenvalue weighted by molar-refractivity contribution is 9.10. The molecule has 3 aromatic carbocycles. The number of hydrogen-bond acceptors (Lipinski definition) is 7. The van der Waals surface area contributed by atoms with Crippen LogP contribution in [0.3, 0.4) is 0 Å². The molecule has 0 atom stereocenters. The molecule has 0 spiro atoms. The molecule has 0 aromatic heterocycles. The molecule has 184 valence electrons. The molecule has 3 amide bonds. The molecule has 0 bridgehead atoms. The van der Waals surface area contributed by atoms with Crippen molar-refractivity contribution in [2.45, 2.75) is 18.4 Å². The van der Waals surface area contributed by atoms with Gasteiger partial charge in [0.15, 0.2) is 0 Å². The van der Waals surface area contributed by atoms with E-state index in [2.05, 4.69) is 21.2 Å². The first-order valence-corrected chi connectivity index (χ1v) is 13.6. The van der Waals surface area contributed by atoms with Crippen LogP contribution in [0.4, 0.5) is 10.5 Å². The highest BCUT2D eigenvalue weighted by Gasteiger charge is 2.35. The maximum absolute atomic E-state index is 12.8. The second-order valence-electron chi connectivity index (χ2n) is 7.67. The van der Waals surface area contributed by atoms with Crippen molar-refractivity contribution >= 4 is 66.6 Å². The number of nitrogens with zero attached hydrogens (tertiary/aromatic N) is 1. The van der Waals surface area contributed by atoms with Gasteiger partial charge in [-0.3, -0.25) is 19.3 Å². The Bertz CT molecular complexity index is 1470. The Labute approximate surface area is 220 Å². The Morgan fingerprint density at radius 3 is 2.33 bits per heavy atom. The zero-order valence-corrected chi connectivity index (χ0v) is 22.0. The molecule has 0 radical (unpaired) electrons. The van der Waals surface area contributed by atoms with Crippen molar-refractivity contribution in [3.05, 3.63) is 93.3 Å². The van der Waals surface area contributed by atoms with Gasteiger partial charge in [-0.25, -0.2) is 0 Å². The van der Waals surface area contributed by atoms with Crippen LogP contribution in [0.25, 0.3) is 6.08 Å². The molecule has 8 nitrogen and oxygen atoms in total. The molecule has 3 aromatic rings. The van der Waals surface area contributed by atoms with Gasteiger partial charge in [0.25, 0.3) is 11.1 Å². The number of amides is 3. The molecular formula is C25H19BrN2O6S2. The van der Waals surface area contributed by atoms with Gasteiger partial charge in [-0.05, 0) is 71.4 Å². The summed E-state index contributed by atoms with van der Waals surface area (Å²) < 4.78 is 31.1. The average molecular weight is 587 g/mol. The fraction of sp³-hybridized carbons (Fsp3) is 0.0800. The summed E-state index contributed by atoms with van der Waals surface area (Å²) in [7, 11) is -4.09. The van der Waals surface area contributed by atoms with Gasteiger partial charge in [-0.1, -0.05) is 46.3 Å². The van der Waals surface area contributed by atoms with Gasteiger partial charge in [0.05, 0.1) is 11.4 Å². The fourth-order valence-electron chi connectivity index (χ4n) is 3.29. The van der Waals surface area contributed by atoms with Crippen molar-refractivity contribution in [3.8, 4) is 5.75 Å². The van der Waals surface area contributed by atoms with E-state index < -0.39 is 16.0 Å². The molecule has 11 heteroatoms. The summed E-state index contributed by atoms with van der Waals surface area (Å²) in [6, 6.07) is 19.0. The van der Waals surface area contributed by atoms with Crippen molar-refractivity contribution in [1.29, 1.82) is 0 Å². The van der Waals surface area contributed by atoms with Crippen molar-refractivity contribution in [1.82, 2.24) is 4.90 Å². The van der Waals surface area contributed by atoms with Gasteiger partial charge >= 0.3 is 10.1 Å². The molecule has 0 aliphatic carbocycles. The lowest BCUT2D eigenvalue weighted by Gasteiger charge is -2.13. The number of carbonyl (C=O) groups is 3. The molecule has 1 fully saturated rings. The number of halogens is 1. The lowest BCUT2D eigenvalue weighted by Crippen LogP contribution is -2.27. The summed E-state index contributed by atoms with van der Waals surface area (Å²) in [6.07, 6.45) is 1.57. The van der Waals surface area contributed by atoms with Crippen LogP contribution in [0.1, 0.15) is 18.1 Å². The van der Waals surface area contributed by atoms with Gasteiger partial charge in [0.2, 0.25) is 5.91 Å². The van der Waals surface area contributed by atoms with Gasteiger partial charge < -0.3 is 9.50 Å². The highest BCUT2D eigenvalue weighted by atomic mass is 79.9. The van der Waals surface area contributed by atoms with Gasteiger partial charge in [0.1, 0.15) is 10.6 Å². The van der Waals surface area contributed by atoms with E-state index in [1.165, 1.54) is 48.2 Å². The van der Waals surface area contributed by atoms with Crippen LogP contribution in [0.15, 0.2) is 87.1 Å². The van der Waals surface area contributed by atoms with Crippen molar-refractivity contribution < 1.29 is 27.0 Å².